The highest BCUT2D eigenvalue weighted by Crippen LogP contribution is 2.39. The first-order valence-electron chi connectivity index (χ1n) is 10.7. The number of esters is 1. The van der Waals surface area contributed by atoms with E-state index in [0.717, 1.165) is 34.2 Å². The number of nitrogens with zero attached hydrogens (tertiary/aromatic N) is 1. The van der Waals surface area contributed by atoms with Crippen molar-refractivity contribution >= 4 is 16.9 Å². The van der Waals surface area contributed by atoms with Crippen molar-refractivity contribution in [3.8, 4) is 5.75 Å². The monoisotopic (exact) mass is 399 g/mol. The highest BCUT2D eigenvalue weighted by Gasteiger charge is 2.30. The summed E-state index contributed by atoms with van der Waals surface area (Å²) in [5, 5.41) is 0.914. The van der Waals surface area contributed by atoms with Gasteiger partial charge in [-0.1, -0.05) is 19.8 Å². The Morgan fingerprint density at radius 3 is 2.83 bits per heavy atom. The molecule has 1 aliphatic carbocycles. The first kappa shape index (κ1) is 20.0. The number of fused-ring (bicyclic) bond motifs is 3. The van der Waals surface area contributed by atoms with Gasteiger partial charge in [-0.15, -0.1) is 0 Å². The van der Waals surface area contributed by atoms with Gasteiger partial charge < -0.3 is 13.9 Å². The van der Waals surface area contributed by atoms with E-state index in [-0.39, 0.29) is 11.6 Å². The highest BCUT2D eigenvalue weighted by atomic mass is 16.5. The summed E-state index contributed by atoms with van der Waals surface area (Å²) in [4.78, 5) is 26.4. The Morgan fingerprint density at radius 1 is 1.28 bits per heavy atom. The number of aryl methyl sites for hydroxylation is 2. The van der Waals surface area contributed by atoms with Crippen LogP contribution in [0.5, 0.6) is 5.75 Å². The van der Waals surface area contributed by atoms with Crippen LogP contribution in [0.3, 0.4) is 0 Å². The van der Waals surface area contributed by atoms with Gasteiger partial charge in [0.05, 0.1) is 12.2 Å². The molecule has 2 aliphatic rings. The number of rotatable bonds is 6. The Labute approximate surface area is 170 Å². The molecule has 0 unspecified atom stereocenters. The van der Waals surface area contributed by atoms with E-state index in [1.807, 2.05) is 19.9 Å². The summed E-state index contributed by atoms with van der Waals surface area (Å²) < 4.78 is 17.0. The third-order valence-corrected chi connectivity index (χ3v) is 6.01. The lowest BCUT2D eigenvalue weighted by Gasteiger charge is -2.34. The smallest absolute Gasteiger partial charge is 0.336 e. The van der Waals surface area contributed by atoms with E-state index in [0.29, 0.717) is 44.3 Å². The average Bonchev–Trinajstić information content (AvgIpc) is 3.25. The molecular formula is C23H29NO5. The van der Waals surface area contributed by atoms with Gasteiger partial charge in [-0.25, -0.2) is 4.79 Å². The third-order valence-electron chi connectivity index (χ3n) is 6.01. The standard InChI is InChI=1S/C23H29NO5/c1-3-10-27-20(25)9-8-16-12-18-15(2)11-21(26)29-23(18)19-13-24(14-28-22(16)19)17-6-4-5-7-17/h11-12,17H,3-10,13-14H2,1-2H3. The second-order valence-corrected chi connectivity index (χ2v) is 8.15. The summed E-state index contributed by atoms with van der Waals surface area (Å²) in [5.41, 5.74) is 3.06. The first-order chi connectivity index (χ1) is 14.1. The van der Waals surface area contributed by atoms with Crippen molar-refractivity contribution in [2.45, 2.75) is 71.4 Å². The van der Waals surface area contributed by atoms with Crippen molar-refractivity contribution in [3.63, 3.8) is 0 Å². The number of hydrogen-bond acceptors (Lipinski definition) is 6. The molecule has 1 aromatic heterocycles. The predicted molar refractivity (Wildman–Crippen MR) is 110 cm³/mol. The SMILES string of the molecule is CCCOC(=O)CCc1cc2c(C)cc(=O)oc2c2c1OCN(C1CCCC1)C2. The summed E-state index contributed by atoms with van der Waals surface area (Å²) >= 11 is 0. The first-order valence-corrected chi connectivity index (χ1v) is 10.7. The lowest BCUT2D eigenvalue weighted by Crippen LogP contribution is -2.39. The van der Waals surface area contributed by atoms with Crippen LogP contribution in [0.15, 0.2) is 21.3 Å². The number of carbonyl (C=O) groups excluding carboxylic acids is 1. The van der Waals surface area contributed by atoms with Crippen LogP contribution in [-0.4, -0.2) is 30.2 Å². The molecule has 29 heavy (non-hydrogen) atoms. The van der Waals surface area contributed by atoms with Crippen molar-refractivity contribution < 1.29 is 18.7 Å². The molecule has 2 aromatic rings. The van der Waals surface area contributed by atoms with E-state index in [4.69, 9.17) is 13.9 Å². The molecule has 2 heterocycles. The molecule has 0 bridgehead atoms. The molecule has 1 aromatic carbocycles. The quantitative estimate of drug-likeness (QED) is 0.538. The Kier molecular flexibility index (Phi) is 5.90. The van der Waals surface area contributed by atoms with Crippen molar-refractivity contribution in [1.29, 1.82) is 0 Å². The lowest BCUT2D eigenvalue weighted by molar-refractivity contribution is -0.143. The fourth-order valence-electron chi connectivity index (χ4n) is 4.49. The molecule has 6 heteroatoms. The summed E-state index contributed by atoms with van der Waals surface area (Å²) in [5.74, 6) is 0.573. The van der Waals surface area contributed by atoms with Gasteiger partial charge in [0.1, 0.15) is 18.1 Å². The van der Waals surface area contributed by atoms with Crippen LogP contribution in [0.1, 0.15) is 62.1 Å². The van der Waals surface area contributed by atoms with Crippen LogP contribution in [0.25, 0.3) is 11.0 Å². The Morgan fingerprint density at radius 2 is 2.07 bits per heavy atom. The Balaban J connectivity index is 1.69. The fourth-order valence-corrected chi connectivity index (χ4v) is 4.49. The number of carbonyl (C=O) groups is 1. The molecule has 0 saturated heterocycles. The minimum absolute atomic E-state index is 0.194. The maximum atomic E-state index is 12.0. The van der Waals surface area contributed by atoms with Gasteiger partial charge in [-0.05, 0) is 49.8 Å². The molecule has 6 nitrogen and oxygen atoms in total. The second kappa shape index (κ2) is 8.57. The molecule has 0 spiro atoms. The largest absolute Gasteiger partial charge is 0.477 e. The minimum atomic E-state index is -0.342. The summed E-state index contributed by atoms with van der Waals surface area (Å²) in [6, 6.07) is 4.04. The van der Waals surface area contributed by atoms with Crippen molar-refractivity contribution in [3.05, 3.63) is 39.2 Å². The third kappa shape index (κ3) is 4.17. The Bertz CT molecular complexity index is 958. The van der Waals surface area contributed by atoms with Gasteiger partial charge in [0, 0.05) is 30.5 Å². The molecule has 0 amide bonds. The van der Waals surface area contributed by atoms with Gasteiger partial charge in [0.25, 0.3) is 0 Å². The zero-order chi connectivity index (χ0) is 20.4. The highest BCUT2D eigenvalue weighted by molar-refractivity contribution is 5.86. The maximum Gasteiger partial charge on any atom is 0.336 e. The fraction of sp³-hybridized carbons (Fsp3) is 0.565. The predicted octanol–water partition coefficient (Wildman–Crippen LogP) is 4.08. The van der Waals surface area contributed by atoms with Crippen LogP contribution in [0.4, 0.5) is 0 Å². The normalized spacial score (nSPS) is 17.3. The summed E-state index contributed by atoms with van der Waals surface area (Å²) in [6.07, 6.45) is 6.54. The van der Waals surface area contributed by atoms with E-state index < -0.39 is 0 Å². The maximum absolute atomic E-state index is 12.0. The zero-order valence-corrected chi connectivity index (χ0v) is 17.3. The number of hydrogen-bond donors (Lipinski definition) is 0. The van der Waals surface area contributed by atoms with Gasteiger partial charge in [0.15, 0.2) is 0 Å². The zero-order valence-electron chi connectivity index (χ0n) is 17.3. The van der Waals surface area contributed by atoms with Gasteiger partial charge in [-0.2, -0.15) is 0 Å². The van der Waals surface area contributed by atoms with Crippen LogP contribution >= 0.6 is 0 Å². The molecule has 1 saturated carbocycles. The molecule has 0 radical (unpaired) electrons. The van der Waals surface area contributed by atoms with Gasteiger partial charge >= 0.3 is 11.6 Å². The molecule has 4 rings (SSSR count). The lowest BCUT2D eigenvalue weighted by atomic mass is 9.97. The van der Waals surface area contributed by atoms with E-state index >= 15 is 0 Å². The molecule has 156 valence electrons. The van der Waals surface area contributed by atoms with Crippen molar-refractivity contribution in [1.82, 2.24) is 4.90 Å². The topological polar surface area (TPSA) is 69.0 Å². The second-order valence-electron chi connectivity index (χ2n) is 8.15. The Hall–Kier alpha value is -2.34. The molecular weight excluding hydrogens is 370 g/mol. The average molecular weight is 399 g/mol. The molecule has 0 atom stereocenters. The summed E-state index contributed by atoms with van der Waals surface area (Å²) in [6.45, 7) is 5.59. The number of ether oxygens (including phenoxy) is 2. The van der Waals surface area contributed by atoms with Crippen LogP contribution < -0.4 is 10.4 Å². The molecule has 1 fully saturated rings. The molecule has 0 N–H and O–H groups in total. The van der Waals surface area contributed by atoms with Crippen molar-refractivity contribution in [2.75, 3.05) is 13.3 Å². The van der Waals surface area contributed by atoms with E-state index in [1.165, 1.54) is 31.7 Å². The minimum Gasteiger partial charge on any atom is -0.477 e. The van der Waals surface area contributed by atoms with Gasteiger partial charge in [0.2, 0.25) is 0 Å². The van der Waals surface area contributed by atoms with E-state index in [9.17, 15) is 9.59 Å². The van der Waals surface area contributed by atoms with E-state index in [2.05, 4.69) is 4.90 Å². The van der Waals surface area contributed by atoms with E-state index in [1.54, 1.807) is 0 Å². The van der Waals surface area contributed by atoms with Gasteiger partial charge in [-0.3, -0.25) is 9.69 Å². The van der Waals surface area contributed by atoms with Crippen LogP contribution in [0.2, 0.25) is 0 Å². The van der Waals surface area contributed by atoms with Crippen LogP contribution in [0, 0.1) is 6.92 Å². The number of benzene rings is 1. The summed E-state index contributed by atoms with van der Waals surface area (Å²) in [7, 11) is 0. The van der Waals surface area contributed by atoms with Crippen molar-refractivity contribution in [2.24, 2.45) is 0 Å². The molecule has 1 aliphatic heterocycles. The van der Waals surface area contributed by atoms with Crippen LogP contribution in [-0.2, 0) is 22.5 Å².